The summed E-state index contributed by atoms with van der Waals surface area (Å²) in [6.07, 6.45) is -2.11. The van der Waals surface area contributed by atoms with Crippen LogP contribution in [0.3, 0.4) is 0 Å². The molecule has 0 unspecified atom stereocenters. The van der Waals surface area contributed by atoms with E-state index in [-0.39, 0.29) is 19.7 Å². The first-order valence-corrected chi connectivity index (χ1v) is 9.99. The third-order valence-corrected chi connectivity index (χ3v) is 4.67. The van der Waals surface area contributed by atoms with Crippen molar-refractivity contribution < 1.29 is 35.4 Å². The van der Waals surface area contributed by atoms with Gasteiger partial charge in [-0.25, -0.2) is 0 Å². The highest BCUT2D eigenvalue weighted by Crippen LogP contribution is 2.14. The molecule has 0 aliphatic rings. The second-order valence-corrected chi connectivity index (χ2v) is 7.13. The Kier molecular flexibility index (Phi) is 13.0. The number of hydrogen-bond donors (Lipinski definition) is 7. The number of unbranched alkanes of at least 4 members (excludes halogenated alkanes) is 1. The molecule has 1 rings (SSSR count). The van der Waals surface area contributed by atoms with Crippen molar-refractivity contribution in [2.75, 3.05) is 46.0 Å². The Hall–Kier alpha value is -1.30. The molecule has 0 aliphatic heterocycles. The topological polar surface area (TPSA) is 160 Å². The number of aryl methyl sites for hydroxylation is 1. The summed E-state index contributed by atoms with van der Waals surface area (Å²) in [4.78, 5) is 1.59. The lowest BCUT2D eigenvalue weighted by Gasteiger charge is -2.29. The van der Waals surface area contributed by atoms with Gasteiger partial charge >= 0.3 is 0 Å². The maximum atomic E-state index is 9.94. The number of rotatable bonds is 16. The highest BCUT2D eigenvalue weighted by Gasteiger charge is 2.23. The lowest BCUT2D eigenvalue weighted by Crippen LogP contribution is -2.47. The van der Waals surface area contributed by atoms with E-state index in [2.05, 4.69) is 0 Å². The SMILES string of the molecule is NCCCCc1ccc(OCCN(C[C@@H](O)[C@@H](O)CO)C[C@@H](O)[C@@H](O)CO)cc1. The van der Waals surface area contributed by atoms with Crippen LogP contribution in [-0.2, 0) is 6.42 Å². The molecule has 0 saturated heterocycles. The second-order valence-electron chi connectivity index (χ2n) is 7.13. The van der Waals surface area contributed by atoms with Crippen LogP contribution in [0.5, 0.6) is 5.75 Å². The maximum Gasteiger partial charge on any atom is 0.119 e. The third kappa shape index (κ3) is 10.3. The van der Waals surface area contributed by atoms with Crippen molar-refractivity contribution in [3.8, 4) is 5.75 Å². The standard InChI is InChI=1S/C20H36N2O7/c21-8-2-1-3-15-4-6-16(7-5-15)29-10-9-22(11-17(25)19(27)13-23)12-18(26)20(28)14-24/h4-7,17-20,23-28H,1-3,8-14,21H2/t17-,18-,19+,20+/m1/s1. The second kappa shape index (κ2) is 14.6. The van der Waals surface area contributed by atoms with Gasteiger partial charge in [0.2, 0.25) is 0 Å². The molecule has 0 heterocycles. The van der Waals surface area contributed by atoms with Crippen LogP contribution in [0.1, 0.15) is 18.4 Å². The van der Waals surface area contributed by atoms with Crippen LogP contribution in [0.4, 0.5) is 0 Å². The van der Waals surface area contributed by atoms with E-state index in [1.165, 1.54) is 5.56 Å². The number of aliphatic hydroxyl groups excluding tert-OH is 6. The molecule has 9 heteroatoms. The van der Waals surface area contributed by atoms with Gasteiger partial charge in [-0.1, -0.05) is 12.1 Å². The van der Waals surface area contributed by atoms with Gasteiger partial charge in [0.1, 0.15) is 24.6 Å². The normalized spacial score (nSPS) is 15.9. The molecule has 0 spiro atoms. The summed E-state index contributed by atoms with van der Waals surface area (Å²) in [5.41, 5.74) is 6.70. The average Bonchev–Trinajstić information content (AvgIpc) is 2.73. The van der Waals surface area contributed by atoms with Crippen LogP contribution in [0.25, 0.3) is 0 Å². The van der Waals surface area contributed by atoms with Crippen molar-refractivity contribution in [1.82, 2.24) is 4.90 Å². The summed E-state index contributed by atoms with van der Waals surface area (Å²) in [7, 11) is 0. The number of benzene rings is 1. The number of aliphatic hydroxyl groups is 6. The fourth-order valence-electron chi connectivity index (χ4n) is 2.79. The highest BCUT2D eigenvalue weighted by atomic mass is 16.5. The van der Waals surface area contributed by atoms with E-state index in [0.29, 0.717) is 18.8 Å². The molecule has 1 aromatic rings. The molecule has 0 radical (unpaired) electrons. The monoisotopic (exact) mass is 416 g/mol. The van der Waals surface area contributed by atoms with Gasteiger partial charge in [0.25, 0.3) is 0 Å². The summed E-state index contributed by atoms with van der Waals surface area (Å²) < 4.78 is 5.71. The number of hydrogen-bond acceptors (Lipinski definition) is 9. The average molecular weight is 417 g/mol. The Morgan fingerprint density at radius 3 is 1.86 bits per heavy atom. The Morgan fingerprint density at radius 2 is 1.38 bits per heavy atom. The Morgan fingerprint density at radius 1 is 0.828 bits per heavy atom. The molecular formula is C20H36N2O7. The van der Waals surface area contributed by atoms with Gasteiger partial charge in [0.05, 0.1) is 25.4 Å². The Labute approximate surface area is 172 Å². The van der Waals surface area contributed by atoms with E-state index >= 15 is 0 Å². The van der Waals surface area contributed by atoms with Crippen molar-refractivity contribution in [1.29, 1.82) is 0 Å². The quantitative estimate of drug-likeness (QED) is 0.152. The molecule has 0 aromatic heterocycles. The van der Waals surface area contributed by atoms with E-state index in [9.17, 15) is 20.4 Å². The fraction of sp³-hybridized carbons (Fsp3) is 0.700. The molecule has 1 aromatic carbocycles. The molecule has 0 fully saturated rings. The summed E-state index contributed by atoms with van der Waals surface area (Å²) in [6.45, 7) is -0.0402. The van der Waals surface area contributed by atoms with Crippen LogP contribution < -0.4 is 10.5 Å². The van der Waals surface area contributed by atoms with Gasteiger partial charge in [-0.15, -0.1) is 0 Å². The summed E-state index contributed by atoms with van der Waals surface area (Å²) in [5, 5.41) is 56.9. The molecule has 0 saturated carbocycles. The maximum absolute atomic E-state index is 9.94. The first kappa shape index (κ1) is 25.7. The van der Waals surface area contributed by atoms with E-state index in [1.807, 2.05) is 24.3 Å². The lowest BCUT2D eigenvalue weighted by molar-refractivity contribution is -0.0551. The van der Waals surface area contributed by atoms with Crippen LogP contribution in [0.2, 0.25) is 0 Å². The minimum absolute atomic E-state index is 0.0413. The number of nitrogens with two attached hydrogens (primary N) is 1. The van der Waals surface area contributed by atoms with Gasteiger partial charge < -0.3 is 41.1 Å². The summed E-state index contributed by atoms with van der Waals surface area (Å²) >= 11 is 0. The zero-order valence-corrected chi connectivity index (χ0v) is 16.8. The first-order valence-electron chi connectivity index (χ1n) is 9.99. The van der Waals surface area contributed by atoms with Gasteiger partial charge in [-0.05, 0) is 43.5 Å². The van der Waals surface area contributed by atoms with Crippen LogP contribution in [0.15, 0.2) is 24.3 Å². The minimum Gasteiger partial charge on any atom is -0.492 e. The fourth-order valence-corrected chi connectivity index (χ4v) is 2.79. The molecule has 9 nitrogen and oxygen atoms in total. The summed E-state index contributed by atoms with van der Waals surface area (Å²) in [6, 6.07) is 7.73. The highest BCUT2D eigenvalue weighted by molar-refractivity contribution is 5.27. The van der Waals surface area contributed by atoms with E-state index in [0.717, 1.165) is 19.3 Å². The van der Waals surface area contributed by atoms with Crippen molar-refractivity contribution >= 4 is 0 Å². The van der Waals surface area contributed by atoms with E-state index in [1.54, 1.807) is 4.90 Å². The van der Waals surface area contributed by atoms with Crippen molar-refractivity contribution in [3.63, 3.8) is 0 Å². The molecular weight excluding hydrogens is 380 g/mol. The van der Waals surface area contributed by atoms with Crippen LogP contribution in [-0.4, -0.2) is 106 Å². The summed E-state index contributed by atoms with van der Waals surface area (Å²) in [5.74, 6) is 0.680. The van der Waals surface area contributed by atoms with Crippen molar-refractivity contribution in [2.24, 2.45) is 5.73 Å². The first-order chi connectivity index (χ1) is 13.9. The van der Waals surface area contributed by atoms with Gasteiger partial charge in [0.15, 0.2) is 0 Å². The zero-order chi connectivity index (χ0) is 21.6. The van der Waals surface area contributed by atoms with Crippen LogP contribution >= 0.6 is 0 Å². The van der Waals surface area contributed by atoms with E-state index < -0.39 is 37.6 Å². The molecule has 0 aliphatic carbocycles. The molecule has 0 amide bonds. The largest absolute Gasteiger partial charge is 0.492 e. The predicted octanol–water partition coefficient (Wildman–Crippen LogP) is -1.92. The smallest absolute Gasteiger partial charge is 0.119 e. The van der Waals surface area contributed by atoms with Gasteiger partial charge in [0, 0.05) is 19.6 Å². The lowest BCUT2D eigenvalue weighted by atomic mass is 10.1. The zero-order valence-electron chi connectivity index (χ0n) is 16.8. The van der Waals surface area contributed by atoms with Gasteiger partial charge in [-0.2, -0.15) is 0 Å². The molecule has 8 N–H and O–H groups in total. The van der Waals surface area contributed by atoms with E-state index in [4.69, 9.17) is 20.7 Å². The molecule has 4 atom stereocenters. The van der Waals surface area contributed by atoms with Crippen LogP contribution in [0, 0.1) is 0 Å². The third-order valence-electron chi connectivity index (χ3n) is 4.67. The van der Waals surface area contributed by atoms with Crippen molar-refractivity contribution in [3.05, 3.63) is 29.8 Å². The number of nitrogens with zero attached hydrogens (tertiary/aromatic N) is 1. The predicted molar refractivity (Wildman–Crippen MR) is 109 cm³/mol. The van der Waals surface area contributed by atoms with Crippen molar-refractivity contribution in [2.45, 2.75) is 43.7 Å². The minimum atomic E-state index is -1.31. The molecule has 0 bridgehead atoms. The van der Waals surface area contributed by atoms with Gasteiger partial charge in [-0.3, -0.25) is 4.90 Å². The Bertz CT molecular complexity index is 514. The number of ether oxygens (including phenoxy) is 1. The Balaban J connectivity index is 2.55. The molecule has 29 heavy (non-hydrogen) atoms. The molecule has 168 valence electrons.